The van der Waals surface area contributed by atoms with E-state index in [9.17, 15) is 9.59 Å². The van der Waals surface area contributed by atoms with E-state index in [1.165, 1.54) is 24.5 Å². The van der Waals surface area contributed by atoms with Gasteiger partial charge in [-0.2, -0.15) is 0 Å². The fourth-order valence-electron chi connectivity index (χ4n) is 2.05. The Morgan fingerprint density at radius 1 is 1.47 bits per heavy atom. The molecule has 0 unspecified atom stereocenters. The van der Waals surface area contributed by atoms with Crippen LogP contribution in [0, 0.1) is 0 Å². The number of hydrogen-bond donors (Lipinski definition) is 2. The summed E-state index contributed by atoms with van der Waals surface area (Å²) in [6.07, 6.45) is 3.86. The number of hydrogen-bond acceptors (Lipinski definition) is 5. The minimum Gasteiger partial charge on any atom is -0.465 e. The molecule has 5 nitrogen and oxygen atoms in total. The molecule has 1 aromatic rings. The molecule has 1 amide bonds. The molecular weight excluding hydrogens is 264 g/mol. The topological polar surface area (TPSA) is 67.4 Å². The molecule has 6 heteroatoms. The average molecular weight is 280 g/mol. The van der Waals surface area contributed by atoms with Crippen molar-refractivity contribution in [2.75, 3.05) is 19.0 Å². The summed E-state index contributed by atoms with van der Waals surface area (Å²) < 4.78 is 4.82. The van der Waals surface area contributed by atoms with Crippen molar-refractivity contribution in [2.45, 2.75) is 19.9 Å². The quantitative estimate of drug-likeness (QED) is 0.653. The van der Waals surface area contributed by atoms with E-state index in [0.29, 0.717) is 10.6 Å². The number of allylic oxidation sites excluding steroid dienone is 1. The van der Waals surface area contributed by atoms with Crippen LogP contribution in [0.15, 0.2) is 12.2 Å². The van der Waals surface area contributed by atoms with Gasteiger partial charge in [0.25, 0.3) is 0 Å². The van der Waals surface area contributed by atoms with Crippen LogP contribution in [0.5, 0.6) is 0 Å². The molecule has 0 atom stereocenters. The third-order valence-corrected chi connectivity index (χ3v) is 4.02. The molecule has 0 spiro atoms. The van der Waals surface area contributed by atoms with Gasteiger partial charge in [-0.05, 0) is 31.5 Å². The monoisotopic (exact) mass is 280 g/mol. The Kier molecular flexibility index (Phi) is 4.34. The predicted molar refractivity (Wildman–Crippen MR) is 74.5 cm³/mol. The highest BCUT2D eigenvalue weighted by atomic mass is 32.1. The number of anilines is 1. The van der Waals surface area contributed by atoms with Crippen molar-refractivity contribution in [1.82, 2.24) is 5.32 Å². The van der Waals surface area contributed by atoms with Crippen molar-refractivity contribution in [3.05, 3.63) is 28.2 Å². The molecule has 0 fully saturated rings. The number of esters is 1. The van der Waals surface area contributed by atoms with Gasteiger partial charge in [-0.25, -0.2) is 4.79 Å². The number of carbonyl (C=O) groups is 2. The first-order valence-corrected chi connectivity index (χ1v) is 6.86. The lowest BCUT2D eigenvalue weighted by Gasteiger charge is -2.13. The standard InChI is InChI=1S/C13H16N2O3S/c1-3-4-10(16)15-12-11(13(17)18-2)8-5-6-14-7-9(8)19-12/h3-4,14H,5-7H2,1-2H3,(H,15,16)/b4-3+. The summed E-state index contributed by atoms with van der Waals surface area (Å²) in [4.78, 5) is 24.6. The fourth-order valence-corrected chi connectivity index (χ4v) is 3.25. The Morgan fingerprint density at radius 3 is 2.95 bits per heavy atom. The van der Waals surface area contributed by atoms with E-state index in [4.69, 9.17) is 4.74 Å². The van der Waals surface area contributed by atoms with Crippen LogP contribution in [0.2, 0.25) is 0 Å². The van der Waals surface area contributed by atoms with Gasteiger partial charge >= 0.3 is 5.97 Å². The second kappa shape index (κ2) is 5.99. The van der Waals surface area contributed by atoms with Gasteiger partial charge < -0.3 is 15.4 Å². The normalized spacial score (nSPS) is 14.2. The number of methoxy groups -OCH3 is 1. The Balaban J connectivity index is 2.38. The third-order valence-electron chi connectivity index (χ3n) is 2.87. The second-order valence-corrected chi connectivity index (χ2v) is 5.22. The van der Waals surface area contributed by atoms with Crippen molar-refractivity contribution < 1.29 is 14.3 Å². The van der Waals surface area contributed by atoms with Crippen LogP contribution < -0.4 is 10.6 Å². The highest BCUT2D eigenvalue weighted by molar-refractivity contribution is 7.17. The van der Waals surface area contributed by atoms with Gasteiger partial charge in [0.15, 0.2) is 0 Å². The number of amides is 1. The number of ether oxygens (including phenoxy) is 1. The summed E-state index contributed by atoms with van der Waals surface area (Å²) in [5.74, 6) is -0.630. The number of nitrogens with one attached hydrogen (secondary N) is 2. The van der Waals surface area contributed by atoms with Gasteiger partial charge in [-0.3, -0.25) is 4.79 Å². The molecule has 1 aromatic heterocycles. The summed E-state index contributed by atoms with van der Waals surface area (Å²) >= 11 is 1.43. The van der Waals surface area contributed by atoms with E-state index >= 15 is 0 Å². The van der Waals surface area contributed by atoms with Crippen LogP contribution in [-0.2, 0) is 22.5 Å². The highest BCUT2D eigenvalue weighted by Crippen LogP contribution is 2.35. The van der Waals surface area contributed by atoms with Crippen molar-refractivity contribution in [3.8, 4) is 0 Å². The minimum atomic E-state index is -0.393. The molecule has 0 saturated carbocycles. The molecule has 1 aliphatic heterocycles. The molecule has 2 heterocycles. The van der Waals surface area contributed by atoms with E-state index in [1.54, 1.807) is 13.0 Å². The van der Waals surface area contributed by atoms with E-state index in [1.807, 2.05) is 0 Å². The zero-order chi connectivity index (χ0) is 13.8. The molecular formula is C13H16N2O3S. The Morgan fingerprint density at radius 2 is 2.26 bits per heavy atom. The Bertz CT molecular complexity index is 534. The largest absolute Gasteiger partial charge is 0.465 e. The van der Waals surface area contributed by atoms with Crippen molar-refractivity contribution >= 4 is 28.2 Å². The van der Waals surface area contributed by atoms with E-state index in [-0.39, 0.29) is 5.91 Å². The summed E-state index contributed by atoms with van der Waals surface area (Å²) in [6.45, 7) is 3.32. The van der Waals surface area contributed by atoms with E-state index in [2.05, 4.69) is 10.6 Å². The molecule has 102 valence electrons. The van der Waals surface area contributed by atoms with Crippen LogP contribution in [-0.4, -0.2) is 25.5 Å². The summed E-state index contributed by atoms with van der Waals surface area (Å²) in [6, 6.07) is 0. The van der Waals surface area contributed by atoms with Crippen LogP contribution in [0.1, 0.15) is 27.7 Å². The fraction of sp³-hybridized carbons (Fsp3) is 0.385. The maximum atomic E-state index is 11.9. The SMILES string of the molecule is C/C=C/C(=O)Nc1sc2c(c1C(=O)OC)CCNC2. The molecule has 2 N–H and O–H groups in total. The Hall–Kier alpha value is -1.66. The summed E-state index contributed by atoms with van der Waals surface area (Å²) in [5, 5.41) is 6.57. The summed E-state index contributed by atoms with van der Waals surface area (Å²) in [7, 11) is 1.35. The van der Waals surface area contributed by atoms with Gasteiger partial charge in [-0.15, -0.1) is 11.3 Å². The first-order valence-electron chi connectivity index (χ1n) is 6.04. The summed E-state index contributed by atoms with van der Waals surface area (Å²) in [5.41, 5.74) is 1.49. The minimum absolute atomic E-state index is 0.237. The zero-order valence-electron chi connectivity index (χ0n) is 10.9. The zero-order valence-corrected chi connectivity index (χ0v) is 11.7. The molecule has 19 heavy (non-hydrogen) atoms. The molecule has 0 bridgehead atoms. The van der Waals surface area contributed by atoms with Gasteiger partial charge in [0.1, 0.15) is 5.00 Å². The van der Waals surface area contributed by atoms with Crippen molar-refractivity contribution in [2.24, 2.45) is 0 Å². The maximum absolute atomic E-state index is 11.9. The van der Waals surface area contributed by atoms with Crippen molar-refractivity contribution in [1.29, 1.82) is 0 Å². The van der Waals surface area contributed by atoms with E-state index in [0.717, 1.165) is 30.0 Å². The predicted octanol–water partition coefficient (Wildman–Crippen LogP) is 1.70. The number of thiophene rings is 1. The number of carbonyl (C=O) groups excluding carboxylic acids is 2. The van der Waals surface area contributed by atoms with Crippen LogP contribution in [0.4, 0.5) is 5.00 Å². The van der Waals surface area contributed by atoms with E-state index < -0.39 is 5.97 Å². The Labute approximate surface area is 115 Å². The highest BCUT2D eigenvalue weighted by Gasteiger charge is 2.26. The molecule has 0 radical (unpaired) electrons. The first kappa shape index (κ1) is 13.8. The van der Waals surface area contributed by atoms with Crippen LogP contribution >= 0.6 is 11.3 Å². The second-order valence-electron chi connectivity index (χ2n) is 4.12. The third kappa shape index (κ3) is 2.85. The van der Waals surface area contributed by atoms with Gasteiger partial charge in [-0.1, -0.05) is 6.08 Å². The first-order chi connectivity index (χ1) is 9.17. The molecule has 1 aliphatic rings. The number of fused-ring (bicyclic) bond motifs is 1. The molecule has 0 aromatic carbocycles. The molecule has 2 rings (SSSR count). The lowest BCUT2D eigenvalue weighted by molar-refractivity contribution is -0.111. The van der Waals surface area contributed by atoms with Crippen LogP contribution in [0.3, 0.4) is 0 Å². The van der Waals surface area contributed by atoms with Gasteiger partial charge in [0.2, 0.25) is 5.91 Å². The van der Waals surface area contributed by atoms with Gasteiger partial charge in [0, 0.05) is 11.4 Å². The number of rotatable bonds is 3. The lowest BCUT2D eigenvalue weighted by atomic mass is 10.0. The molecule has 0 saturated heterocycles. The average Bonchev–Trinajstić information content (AvgIpc) is 2.75. The van der Waals surface area contributed by atoms with Crippen molar-refractivity contribution in [3.63, 3.8) is 0 Å². The van der Waals surface area contributed by atoms with Crippen LogP contribution in [0.25, 0.3) is 0 Å². The van der Waals surface area contributed by atoms with Gasteiger partial charge in [0.05, 0.1) is 12.7 Å². The maximum Gasteiger partial charge on any atom is 0.341 e. The molecule has 0 aliphatic carbocycles. The smallest absolute Gasteiger partial charge is 0.341 e. The lowest BCUT2D eigenvalue weighted by Crippen LogP contribution is -2.23.